The summed E-state index contributed by atoms with van der Waals surface area (Å²) in [5.41, 5.74) is 10.9. The molecule has 2 aliphatic heterocycles. The van der Waals surface area contributed by atoms with Gasteiger partial charge in [0.1, 0.15) is 16.9 Å². The van der Waals surface area contributed by atoms with Gasteiger partial charge in [0, 0.05) is 55.4 Å². The zero-order chi connectivity index (χ0) is 25.5. The number of hydrogen-bond acceptors (Lipinski definition) is 6. The largest absolute Gasteiger partial charge is 0.494 e. The monoisotopic (exact) mass is 511 g/mol. The topological polar surface area (TPSA) is 103 Å². The molecular formula is C29H33N7O2. The van der Waals surface area contributed by atoms with Crippen LogP contribution in [0.15, 0.2) is 36.5 Å². The number of benzene rings is 1. The summed E-state index contributed by atoms with van der Waals surface area (Å²) in [4.78, 5) is 25.7. The number of methoxy groups -OCH3 is 1. The second kappa shape index (κ2) is 8.28. The van der Waals surface area contributed by atoms with Gasteiger partial charge in [-0.25, -0.2) is 9.97 Å². The number of pyridine rings is 1. The number of carbonyl (C=O) groups is 1. The molecule has 0 unspecified atom stereocenters. The zero-order valence-electron chi connectivity index (χ0n) is 21.6. The Labute approximate surface area is 221 Å². The molecule has 2 saturated heterocycles. The van der Waals surface area contributed by atoms with E-state index in [1.54, 1.807) is 7.11 Å². The number of fused-ring (bicyclic) bond motifs is 4. The van der Waals surface area contributed by atoms with Gasteiger partial charge in [-0.1, -0.05) is 0 Å². The molecule has 2 aliphatic carbocycles. The minimum Gasteiger partial charge on any atom is -0.494 e. The standard InChI is InChI=1S/C29H33N7O2/c1-38-24-11-19(29(37)35-15-18-6-7-22(35)25(18)30)9-21-26(24)36(20-12-31-13-20)28(33-21)23-10-17-3-2-8-32-27(17)34(23)14-16-4-5-16/h2-3,8-11,16,18,20,22,25,31H,4-7,12-15,30H2,1H3/t18-,22-,25-/m1/s1. The normalized spacial score (nSPS) is 25.0. The van der Waals surface area contributed by atoms with Crippen LogP contribution in [0, 0.1) is 11.8 Å². The van der Waals surface area contributed by atoms with Gasteiger partial charge in [0.05, 0.1) is 24.4 Å². The molecule has 4 aliphatic rings. The molecule has 4 fully saturated rings. The maximum absolute atomic E-state index is 13.7. The first-order valence-electron chi connectivity index (χ1n) is 13.9. The molecule has 5 heterocycles. The van der Waals surface area contributed by atoms with Crippen LogP contribution in [0.3, 0.4) is 0 Å². The predicted molar refractivity (Wildman–Crippen MR) is 145 cm³/mol. The maximum Gasteiger partial charge on any atom is 0.254 e. The Balaban J connectivity index is 1.30. The number of amides is 1. The van der Waals surface area contributed by atoms with Crippen molar-refractivity contribution in [3.63, 3.8) is 0 Å². The molecule has 1 aromatic carbocycles. The molecule has 38 heavy (non-hydrogen) atoms. The van der Waals surface area contributed by atoms with Crippen LogP contribution in [0.25, 0.3) is 33.6 Å². The molecule has 0 radical (unpaired) electrons. The number of likely N-dealkylation sites (tertiary alicyclic amines) is 1. The Bertz CT molecular complexity index is 1580. The molecular weight excluding hydrogens is 478 g/mol. The van der Waals surface area contributed by atoms with Crippen molar-refractivity contribution in [2.45, 2.75) is 50.4 Å². The summed E-state index contributed by atoms with van der Waals surface area (Å²) in [6.07, 6.45) is 6.49. The predicted octanol–water partition coefficient (Wildman–Crippen LogP) is 3.18. The van der Waals surface area contributed by atoms with Gasteiger partial charge in [-0.3, -0.25) is 4.79 Å². The number of nitrogens with one attached hydrogen (secondary N) is 1. The summed E-state index contributed by atoms with van der Waals surface area (Å²) in [5.74, 6) is 2.73. The molecule has 3 N–H and O–H groups in total. The third-order valence-corrected chi connectivity index (χ3v) is 9.28. The molecule has 9 nitrogen and oxygen atoms in total. The highest BCUT2D eigenvalue weighted by atomic mass is 16.5. The molecule has 9 heteroatoms. The third kappa shape index (κ3) is 3.27. The first kappa shape index (κ1) is 22.5. The summed E-state index contributed by atoms with van der Waals surface area (Å²) < 4.78 is 10.6. The number of nitrogens with two attached hydrogens (primary N) is 1. The minimum atomic E-state index is 0.0290. The highest BCUT2D eigenvalue weighted by Gasteiger charge is 2.47. The first-order chi connectivity index (χ1) is 18.6. The zero-order valence-corrected chi connectivity index (χ0v) is 21.6. The van der Waals surface area contributed by atoms with Crippen molar-refractivity contribution < 1.29 is 9.53 Å². The van der Waals surface area contributed by atoms with Crippen LogP contribution in [0.1, 0.15) is 42.1 Å². The van der Waals surface area contributed by atoms with Gasteiger partial charge < -0.3 is 29.8 Å². The van der Waals surface area contributed by atoms with Gasteiger partial charge in [-0.15, -0.1) is 0 Å². The van der Waals surface area contributed by atoms with Gasteiger partial charge >= 0.3 is 0 Å². The number of piperidine rings is 1. The van der Waals surface area contributed by atoms with E-state index < -0.39 is 0 Å². The smallest absolute Gasteiger partial charge is 0.254 e. The van der Waals surface area contributed by atoms with E-state index in [9.17, 15) is 4.79 Å². The number of imidazole rings is 1. The summed E-state index contributed by atoms with van der Waals surface area (Å²) in [6.45, 7) is 3.43. The molecule has 8 rings (SSSR count). The van der Waals surface area contributed by atoms with E-state index in [0.29, 0.717) is 23.1 Å². The van der Waals surface area contributed by atoms with E-state index in [4.69, 9.17) is 20.4 Å². The summed E-state index contributed by atoms with van der Waals surface area (Å²) in [6, 6.07) is 10.7. The van der Waals surface area contributed by atoms with E-state index in [0.717, 1.165) is 72.6 Å². The fourth-order valence-corrected chi connectivity index (χ4v) is 6.93. The fourth-order valence-electron chi connectivity index (χ4n) is 6.93. The molecule has 196 valence electrons. The summed E-state index contributed by atoms with van der Waals surface area (Å²) >= 11 is 0. The third-order valence-electron chi connectivity index (χ3n) is 9.28. The van der Waals surface area contributed by atoms with Crippen LogP contribution >= 0.6 is 0 Å². The van der Waals surface area contributed by atoms with Gasteiger partial charge in [-0.2, -0.15) is 0 Å². The molecule has 3 aromatic heterocycles. The average Bonchev–Trinajstić information content (AvgIpc) is 3.26. The molecule has 2 saturated carbocycles. The van der Waals surface area contributed by atoms with Gasteiger partial charge in [0.25, 0.3) is 5.91 Å². The molecule has 2 bridgehead atoms. The molecule has 4 aromatic rings. The first-order valence-corrected chi connectivity index (χ1v) is 13.9. The molecule has 0 spiro atoms. The van der Waals surface area contributed by atoms with Crippen molar-refractivity contribution in [1.82, 2.24) is 29.3 Å². The minimum absolute atomic E-state index is 0.0290. The number of ether oxygens (including phenoxy) is 1. The van der Waals surface area contributed by atoms with Crippen molar-refractivity contribution in [3.8, 4) is 17.3 Å². The molecule has 1 amide bonds. The number of rotatable bonds is 6. The average molecular weight is 512 g/mol. The highest BCUT2D eigenvalue weighted by molar-refractivity contribution is 6.00. The Morgan fingerprint density at radius 3 is 2.74 bits per heavy atom. The lowest BCUT2D eigenvalue weighted by atomic mass is 10.1. The van der Waals surface area contributed by atoms with Crippen LogP contribution in [0.4, 0.5) is 0 Å². The number of aromatic nitrogens is 4. The van der Waals surface area contributed by atoms with Gasteiger partial charge in [0.15, 0.2) is 5.82 Å². The quantitative estimate of drug-likeness (QED) is 0.412. The second-order valence-corrected chi connectivity index (χ2v) is 11.6. The van der Waals surface area contributed by atoms with Crippen molar-refractivity contribution in [2.75, 3.05) is 26.7 Å². The lowest BCUT2D eigenvalue weighted by Crippen LogP contribution is -2.43. The highest BCUT2D eigenvalue weighted by Crippen LogP contribution is 2.41. The van der Waals surface area contributed by atoms with E-state index in [-0.39, 0.29) is 24.0 Å². The van der Waals surface area contributed by atoms with Crippen LogP contribution in [0.2, 0.25) is 0 Å². The Morgan fingerprint density at radius 1 is 1.18 bits per heavy atom. The molecule has 3 atom stereocenters. The van der Waals surface area contributed by atoms with E-state index in [2.05, 4.69) is 26.6 Å². The lowest BCUT2D eigenvalue weighted by Gasteiger charge is -2.31. The van der Waals surface area contributed by atoms with E-state index in [1.165, 1.54) is 12.8 Å². The maximum atomic E-state index is 13.7. The van der Waals surface area contributed by atoms with Crippen LogP contribution in [-0.2, 0) is 6.54 Å². The van der Waals surface area contributed by atoms with Crippen molar-refractivity contribution >= 4 is 28.0 Å². The van der Waals surface area contributed by atoms with Crippen LogP contribution in [0.5, 0.6) is 5.75 Å². The lowest BCUT2D eigenvalue weighted by molar-refractivity contribution is 0.0700. The summed E-state index contributed by atoms with van der Waals surface area (Å²) in [7, 11) is 1.68. The van der Waals surface area contributed by atoms with E-state index >= 15 is 0 Å². The number of nitrogens with zero attached hydrogens (tertiary/aromatic N) is 5. The summed E-state index contributed by atoms with van der Waals surface area (Å²) in [5, 5.41) is 4.54. The van der Waals surface area contributed by atoms with Gasteiger partial charge in [0.2, 0.25) is 0 Å². The Hall–Kier alpha value is -3.43. The fraction of sp³-hybridized carbons (Fsp3) is 0.483. The second-order valence-electron chi connectivity index (χ2n) is 11.6. The Morgan fingerprint density at radius 2 is 2.05 bits per heavy atom. The van der Waals surface area contributed by atoms with E-state index in [1.807, 2.05) is 29.3 Å². The van der Waals surface area contributed by atoms with Gasteiger partial charge in [-0.05, 0) is 67.9 Å². The SMILES string of the molecule is COc1cc(C(=O)N2C[C@H]3CC[C@@H]2[C@@H]3N)cc2nc(-c3cc4cccnc4n3CC3CC3)n(C3CNC3)c12. The number of hydrogen-bond donors (Lipinski definition) is 2. The van der Waals surface area contributed by atoms with Crippen molar-refractivity contribution in [1.29, 1.82) is 0 Å². The van der Waals surface area contributed by atoms with Crippen molar-refractivity contribution in [3.05, 3.63) is 42.1 Å². The van der Waals surface area contributed by atoms with Crippen molar-refractivity contribution in [2.24, 2.45) is 17.6 Å². The number of carbonyl (C=O) groups excluding carboxylic acids is 1. The van der Waals surface area contributed by atoms with Crippen LogP contribution in [-0.4, -0.2) is 68.7 Å². The van der Waals surface area contributed by atoms with Crippen LogP contribution < -0.4 is 15.8 Å². The Kier molecular flexibility index (Phi) is 4.91.